The summed E-state index contributed by atoms with van der Waals surface area (Å²) in [7, 11) is 0. The Labute approximate surface area is 335 Å². The Kier molecular flexibility index (Phi) is 11.3. The molecule has 57 heavy (non-hydrogen) atoms. The molecule has 5 aliphatic rings. The first kappa shape index (κ1) is 39.0. The van der Waals surface area contributed by atoms with E-state index >= 15 is 4.39 Å². The number of aromatic carboxylic acids is 1. The number of carbonyl (C=O) groups is 3. The van der Waals surface area contributed by atoms with Crippen LogP contribution in [0.3, 0.4) is 0 Å². The lowest BCUT2D eigenvalue weighted by Crippen LogP contribution is -2.48. The highest BCUT2D eigenvalue weighted by molar-refractivity contribution is 7.13. The summed E-state index contributed by atoms with van der Waals surface area (Å²) in [6, 6.07) is 14.3. The van der Waals surface area contributed by atoms with Crippen molar-refractivity contribution in [1.82, 2.24) is 15.6 Å². The average Bonchev–Trinajstić information content (AvgIpc) is 3.67. The van der Waals surface area contributed by atoms with Crippen molar-refractivity contribution >= 4 is 34.3 Å². The maximum absolute atomic E-state index is 15.6. The van der Waals surface area contributed by atoms with E-state index in [0.29, 0.717) is 60.3 Å². The number of hydrogen-bond donors (Lipinski definition) is 4. The summed E-state index contributed by atoms with van der Waals surface area (Å²) in [5.41, 5.74) is 2.25. The molecule has 1 aromatic heterocycles. The van der Waals surface area contributed by atoms with Gasteiger partial charge >= 0.3 is 5.97 Å². The van der Waals surface area contributed by atoms with E-state index in [0.717, 1.165) is 28.9 Å². The number of nitrogens with one attached hydrogen (secondary N) is 3. The van der Waals surface area contributed by atoms with Crippen LogP contribution >= 0.6 is 11.3 Å². The zero-order valence-corrected chi connectivity index (χ0v) is 32.9. The number of ether oxygens (including phenoxy) is 3. The van der Waals surface area contributed by atoms with Gasteiger partial charge in [-0.05, 0) is 128 Å². The second-order valence-corrected chi connectivity index (χ2v) is 17.5. The Morgan fingerprint density at radius 1 is 0.930 bits per heavy atom. The fourth-order valence-electron chi connectivity index (χ4n) is 10.2. The lowest BCUT2D eigenvalue weighted by atomic mass is 9.49. The first-order valence-electron chi connectivity index (χ1n) is 19.9. The molecule has 0 spiro atoms. The molecule has 11 nitrogen and oxygen atoms in total. The van der Waals surface area contributed by atoms with Gasteiger partial charge in [0.05, 0.1) is 18.8 Å². The number of carbonyl (C=O) groups excluding carboxylic acids is 2. The number of carboxylic acid groups (broad SMARTS) is 1. The number of thiazole rings is 1. The molecule has 2 heterocycles. The van der Waals surface area contributed by atoms with E-state index in [4.69, 9.17) is 14.2 Å². The third-order valence-corrected chi connectivity index (χ3v) is 12.9. The van der Waals surface area contributed by atoms with Crippen LogP contribution in [-0.4, -0.2) is 60.8 Å². The molecule has 0 saturated heterocycles. The number of carboxylic acids is 1. The second-order valence-electron chi connectivity index (χ2n) is 16.6. The van der Waals surface area contributed by atoms with E-state index in [1.165, 1.54) is 68.1 Å². The number of amides is 2. The zero-order valence-electron chi connectivity index (χ0n) is 32.1. The fraction of sp³-hybridized carbons (Fsp3) is 0.455. The van der Waals surface area contributed by atoms with E-state index in [-0.39, 0.29) is 48.2 Å². The highest BCUT2D eigenvalue weighted by Gasteiger charge is 2.51. The summed E-state index contributed by atoms with van der Waals surface area (Å²) < 4.78 is 34.0. The maximum atomic E-state index is 15.6. The molecule has 0 radical (unpaired) electrons. The monoisotopic (exact) mass is 796 g/mol. The number of benzene rings is 3. The van der Waals surface area contributed by atoms with Crippen LogP contribution in [0.4, 0.5) is 9.52 Å². The Bertz CT molecular complexity index is 2070. The largest absolute Gasteiger partial charge is 0.487 e. The van der Waals surface area contributed by atoms with Gasteiger partial charge in [0.1, 0.15) is 18.2 Å². The van der Waals surface area contributed by atoms with E-state index in [9.17, 15) is 19.5 Å². The number of halogens is 1. The number of anilines is 1. The van der Waals surface area contributed by atoms with Gasteiger partial charge < -0.3 is 35.3 Å². The predicted octanol–water partition coefficient (Wildman–Crippen LogP) is 7.95. The van der Waals surface area contributed by atoms with Crippen LogP contribution in [0.25, 0.3) is 11.1 Å². The fourth-order valence-corrected chi connectivity index (χ4v) is 10.8. The molecule has 1 aliphatic heterocycles. The minimum Gasteiger partial charge on any atom is -0.487 e. The normalized spacial score (nSPS) is 24.4. The first-order chi connectivity index (χ1) is 27.5. The lowest BCUT2D eigenvalue weighted by molar-refractivity contribution is -0.129. The Morgan fingerprint density at radius 2 is 1.68 bits per heavy atom. The smallest absolute Gasteiger partial charge is 0.335 e. The summed E-state index contributed by atoms with van der Waals surface area (Å²) in [6.07, 6.45) is 10.8. The number of hydrogen-bond acceptors (Lipinski definition) is 9. The SMILES string of the molecule is C[C@]1(CC(=O)Nc2nccs2)NCCc2cc(OCCOCCNC(=O)CC34CC5CC(CC(C5)C3)C4)c(Oc3ccc(-c4ccc(C(=O)O)cc4)c(F)c3)cc21. The van der Waals surface area contributed by atoms with Crippen molar-refractivity contribution in [1.29, 1.82) is 0 Å². The summed E-state index contributed by atoms with van der Waals surface area (Å²) in [5, 5.41) is 21.0. The Balaban J connectivity index is 0.923. The van der Waals surface area contributed by atoms with Gasteiger partial charge in [-0.2, -0.15) is 0 Å². The third kappa shape index (κ3) is 9.00. The predicted molar refractivity (Wildman–Crippen MR) is 214 cm³/mol. The van der Waals surface area contributed by atoms with E-state index in [1.807, 2.05) is 19.1 Å². The molecule has 0 unspecified atom stereocenters. The van der Waals surface area contributed by atoms with Gasteiger partial charge in [-0.3, -0.25) is 9.59 Å². The summed E-state index contributed by atoms with van der Waals surface area (Å²) in [4.78, 5) is 41.6. The van der Waals surface area contributed by atoms with Gasteiger partial charge in [-0.25, -0.2) is 14.2 Å². The molecule has 13 heteroatoms. The molecule has 4 N–H and O–H groups in total. The van der Waals surface area contributed by atoms with Gasteiger partial charge in [0.15, 0.2) is 16.6 Å². The molecule has 2 amide bonds. The van der Waals surface area contributed by atoms with E-state index < -0.39 is 17.3 Å². The number of rotatable bonds is 16. The average molecular weight is 797 g/mol. The van der Waals surface area contributed by atoms with Gasteiger partial charge in [0.2, 0.25) is 11.8 Å². The molecular formula is C44H49FN4O7S. The maximum Gasteiger partial charge on any atom is 0.335 e. The van der Waals surface area contributed by atoms with Crippen LogP contribution in [0.15, 0.2) is 66.2 Å². The summed E-state index contributed by atoms with van der Waals surface area (Å²) in [5.74, 6) is 1.80. The molecule has 4 saturated carbocycles. The number of fused-ring (bicyclic) bond motifs is 1. The Morgan fingerprint density at radius 3 is 2.37 bits per heavy atom. The van der Waals surface area contributed by atoms with Crippen molar-refractivity contribution in [3.05, 3.63) is 88.7 Å². The quantitative estimate of drug-likeness (QED) is 0.0830. The molecule has 4 aromatic rings. The molecule has 300 valence electrons. The van der Waals surface area contributed by atoms with E-state index in [2.05, 4.69) is 20.9 Å². The van der Waals surface area contributed by atoms with E-state index in [1.54, 1.807) is 35.8 Å². The number of aromatic nitrogens is 1. The van der Waals surface area contributed by atoms with Crippen LogP contribution in [0, 0.1) is 29.0 Å². The summed E-state index contributed by atoms with van der Waals surface area (Å²) >= 11 is 1.35. The van der Waals surface area contributed by atoms with Crippen LogP contribution in [-0.2, 0) is 26.3 Å². The van der Waals surface area contributed by atoms with Crippen molar-refractivity contribution in [3.63, 3.8) is 0 Å². The van der Waals surface area contributed by atoms with Crippen molar-refractivity contribution < 1.29 is 38.1 Å². The van der Waals surface area contributed by atoms with Gasteiger partial charge in [-0.15, -0.1) is 11.3 Å². The molecule has 9 rings (SSSR count). The lowest BCUT2D eigenvalue weighted by Gasteiger charge is -2.56. The van der Waals surface area contributed by atoms with Gasteiger partial charge in [-0.1, -0.05) is 12.1 Å². The van der Waals surface area contributed by atoms with Crippen molar-refractivity contribution in [3.8, 4) is 28.4 Å². The minimum atomic E-state index is -1.06. The number of nitrogens with zero attached hydrogens (tertiary/aromatic N) is 1. The topological polar surface area (TPSA) is 148 Å². The molecule has 3 aromatic carbocycles. The van der Waals surface area contributed by atoms with Gasteiger partial charge in [0.25, 0.3) is 0 Å². The molecular weight excluding hydrogens is 748 g/mol. The first-order valence-corrected chi connectivity index (χ1v) is 20.8. The Hall–Kier alpha value is -4.85. The standard InChI is InChI=1S/C44H49FN4O7S/c1-43(25-40(51)49-42-47-11-15-57-42)35-21-38(56-33-6-7-34(36(45)20-33)30-2-4-31(5-3-30)41(52)53)37(19-32(35)8-9-48-43)55-14-13-54-12-10-46-39(50)26-44-22-27-16-28(23-44)18-29(17-27)24-44/h2-7,11,15,19-21,27-29,48H,8-10,12-14,16-18,22-26H2,1H3,(H,46,50)(H,52,53)(H,47,49,51)/t27?,28?,29?,43-,44?/m1/s1. The highest BCUT2D eigenvalue weighted by Crippen LogP contribution is 2.61. The third-order valence-electron chi connectivity index (χ3n) is 12.2. The van der Waals surface area contributed by atoms with Crippen molar-refractivity contribution in [2.24, 2.45) is 23.2 Å². The second kappa shape index (κ2) is 16.6. The molecule has 4 bridgehead atoms. The zero-order chi connectivity index (χ0) is 39.6. The minimum absolute atomic E-state index is 0.112. The van der Waals surface area contributed by atoms with Crippen LogP contribution in [0.5, 0.6) is 17.2 Å². The van der Waals surface area contributed by atoms with Crippen LogP contribution in [0.1, 0.15) is 79.8 Å². The molecule has 1 atom stereocenters. The van der Waals surface area contributed by atoms with Gasteiger partial charge in [0, 0.05) is 54.7 Å². The van der Waals surface area contributed by atoms with Crippen LogP contribution in [0.2, 0.25) is 0 Å². The molecule has 4 fully saturated rings. The summed E-state index contributed by atoms with van der Waals surface area (Å²) in [6.45, 7) is 3.90. The van der Waals surface area contributed by atoms with Crippen molar-refractivity contribution in [2.75, 3.05) is 38.2 Å². The molecule has 4 aliphatic carbocycles. The highest BCUT2D eigenvalue weighted by atomic mass is 32.1. The van der Waals surface area contributed by atoms with Crippen LogP contribution < -0.4 is 25.4 Å². The van der Waals surface area contributed by atoms with Crippen molar-refractivity contribution in [2.45, 2.75) is 70.3 Å².